The van der Waals surface area contributed by atoms with E-state index < -0.39 is 0 Å². The van der Waals surface area contributed by atoms with E-state index in [2.05, 4.69) is 5.32 Å². The maximum Gasteiger partial charge on any atom is 0.244 e. The van der Waals surface area contributed by atoms with Gasteiger partial charge in [0, 0.05) is 24.7 Å². The third kappa shape index (κ3) is 4.59. The highest BCUT2D eigenvalue weighted by Crippen LogP contribution is 2.19. The minimum Gasteiger partial charge on any atom is -0.496 e. The van der Waals surface area contributed by atoms with Crippen molar-refractivity contribution in [2.45, 2.75) is 20.4 Å². The van der Waals surface area contributed by atoms with Gasteiger partial charge in [0.15, 0.2) is 0 Å². The minimum atomic E-state index is -0.227. The number of carbonyl (C=O) groups is 2. The smallest absolute Gasteiger partial charge is 0.244 e. The molecule has 0 bridgehead atoms. The SMILES string of the molecule is COc1ccccc1CN(CC(=O)Nc1ccccc1C)C(C)=O. The number of nitrogens with one attached hydrogen (secondary N) is 1. The standard InChI is InChI=1S/C19H22N2O3/c1-14-8-4-6-10-17(14)20-19(23)13-21(15(2)22)12-16-9-5-7-11-18(16)24-3/h4-11H,12-13H2,1-3H3,(H,20,23). The second-order valence-electron chi connectivity index (χ2n) is 5.55. The maximum atomic E-state index is 12.3. The Kier molecular flexibility index (Phi) is 5.95. The Bertz CT molecular complexity index is 728. The van der Waals surface area contributed by atoms with Crippen molar-refractivity contribution in [3.05, 3.63) is 59.7 Å². The largest absolute Gasteiger partial charge is 0.496 e. The normalized spacial score (nSPS) is 10.1. The fourth-order valence-electron chi connectivity index (χ4n) is 2.39. The molecule has 2 rings (SSSR count). The van der Waals surface area contributed by atoms with Crippen molar-refractivity contribution in [3.8, 4) is 5.75 Å². The zero-order chi connectivity index (χ0) is 17.5. The highest BCUT2D eigenvalue weighted by Gasteiger charge is 2.16. The van der Waals surface area contributed by atoms with Crippen molar-refractivity contribution in [2.75, 3.05) is 19.0 Å². The second kappa shape index (κ2) is 8.15. The summed E-state index contributed by atoms with van der Waals surface area (Å²) >= 11 is 0. The van der Waals surface area contributed by atoms with Crippen LogP contribution in [-0.4, -0.2) is 30.4 Å². The number of rotatable bonds is 6. The average Bonchev–Trinajstić information content (AvgIpc) is 2.56. The molecule has 0 aliphatic rings. The van der Waals surface area contributed by atoms with Gasteiger partial charge in [-0.1, -0.05) is 36.4 Å². The number of carbonyl (C=O) groups excluding carboxylic acids is 2. The van der Waals surface area contributed by atoms with Crippen LogP contribution in [0.2, 0.25) is 0 Å². The molecule has 1 N–H and O–H groups in total. The van der Waals surface area contributed by atoms with Gasteiger partial charge in [0.1, 0.15) is 12.3 Å². The summed E-state index contributed by atoms with van der Waals surface area (Å²) in [5.74, 6) is 0.304. The quantitative estimate of drug-likeness (QED) is 0.888. The number of anilines is 1. The fourth-order valence-corrected chi connectivity index (χ4v) is 2.39. The van der Waals surface area contributed by atoms with E-state index in [0.29, 0.717) is 12.3 Å². The zero-order valence-corrected chi connectivity index (χ0v) is 14.2. The lowest BCUT2D eigenvalue weighted by molar-refractivity contribution is -0.133. The lowest BCUT2D eigenvalue weighted by atomic mass is 10.2. The highest BCUT2D eigenvalue weighted by molar-refractivity contribution is 5.94. The van der Waals surface area contributed by atoms with Crippen molar-refractivity contribution in [1.82, 2.24) is 4.90 Å². The fraction of sp³-hybridized carbons (Fsp3) is 0.263. The molecule has 0 saturated carbocycles. The first-order valence-electron chi connectivity index (χ1n) is 7.74. The van der Waals surface area contributed by atoms with Crippen molar-refractivity contribution in [3.63, 3.8) is 0 Å². The van der Waals surface area contributed by atoms with Crippen LogP contribution in [0.4, 0.5) is 5.69 Å². The Morgan fingerprint density at radius 2 is 1.75 bits per heavy atom. The molecule has 0 aliphatic heterocycles. The third-order valence-electron chi connectivity index (χ3n) is 3.75. The van der Waals surface area contributed by atoms with Gasteiger partial charge >= 0.3 is 0 Å². The number of aryl methyl sites for hydroxylation is 1. The van der Waals surface area contributed by atoms with Crippen LogP contribution in [-0.2, 0) is 16.1 Å². The van der Waals surface area contributed by atoms with E-state index >= 15 is 0 Å². The summed E-state index contributed by atoms with van der Waals surface area (Å²) in [5, 5.41) is 2.85. The maximum absolute atomic E-state index is 12.3. The van der Waals surface area contributed by atoms with E-state index in [0.717, 1.165) is 16.8 Å². The summed E-state index contributed by atoms with van der Waals surface area (Å²) in [6.45, 7) is 3.69. The van der Waals surface area contributed by atoms with Gasteiger partial charge < -0.3 is 15.0 Å². The molecule has 5 heteroatoms. The van der Waals surface area contributed by atoms with Gasteiger partial charge in [-0.3, -0.25) is 9.59 Å². The average molecular weight is 326 g/mol. The first-order chi connectivity index (χ1) is 11.5. The topological polar surface area (TPSA) is 58.6 Å². The molecular weight excluding hydrogens is 304 g/mol. The van der Waals surface area contributed by atoms with Crippen LogP contribution in [0.5, 0.6) is 5.75 Å². The molecule has 0 atom stereocenters. The molecule has 0 unspecified atom stereocenters. The van der Waals surface area contributed by atoms with Crippen LogP contribution in [0.1, 0.15) is 18.1 Å². The van der Waals surface area contributed by atoms with Crippen molar-refractivity contribution in [2.24, 2.45) is 0 Å². The van der Waals surface area contributed by atoms with Crippen LogP contribution in [0, 0.1) is 6.92 Å². The summed E-state index contributed by atoms with van der Waals surface area (Å²) in [7, 11) is 1.59. The van der Waals surface area contributed by atoms with E-state index in [4.69, 9.17) is 4.74 Å². The van der Waals surface area contributed by atoms with Crippen LogP contribution >= 0.6 is 0 Å². The molecule has 2 aromatic carbocycles. The number of amides is 2. The molecule has 0 spiro atoms. The Hall–Kier alpha value is -2.82. The number of methoxy groups -OCH3 is 1. The molecule has 0 saturated heterocycles. The van der Waals surface area contributed by atoms with Gasteiger partial charge in [0.2, 0.25) is 11.8 Å². The number of hydrogen-bond acceptors (Lipinski definition) is 3. The lowest BCUT2D eigenvalue weighted by Crippen LogP contribution is -2.36. The second-order valence-corrected chi connectivity index (χ2v) is 5.55. The number of hydrogen-bond donors (Lipinski definition) is 1. The van der Waals surface area contributed by atoms with Gasteiger partial charge in [0.05, 0.1) is 7.11 Å². The Morgan fingerprint density at radius 1 is 1.08 bits per heavy atom. The summed E-state index contributed by atoms with van der Waals surface area (Å²) in [6, 6.07) is 15.0. The van der Waals surface area contributed by atoms with E-state index in [1.54, 1.807) is 7.11 Å². The van der Waals surface area contributed by atoms with E-state index in [1.165, 1.54) is 11.8 Å². The Balaban J connectivity index is 2.07. The molecule has 24 heavy (non-hydrogen) atoms. The molecule has 2 aromatic rings. The highest BCUT2D eigenvalue weighted by atomic mass is 16.5. The first kappa shape index (κ1) is 17.5. The zero-order valence-electron chi connectivity index (χ0n) is 14.2. The van der Waals surface area contributed by atoms with Gasteiger partial charge in [-0.05, 0) is 24.6 Å². The third-order valence-corrected chi connectivity index (χ3v) is 3.75. The van der Waals surface area contributed by atoms with Gasteiger partial charge in [0.25, 0.3) is 0 Å². The molecule has 0 fully saturated rings. The lowest BCUT2D eigenvalue weighted by Gasteiger charge is -2.22. The number of nitrogens with zero attached hydrogens (tertiary/aromatic N) is 1. The van der Waals surface area contributed by atoms with Gasteiger partial charge in [-0.15, -0.1) is 0 Å². The first-order valence-corrected chi connectivity index (χ1v) is 7.74. The Morgan fingerprint density at radius 3 is 2.42 bits per heavy atom. The number of para-hydroxylation sites is 2. The predicted molar refractivity (Wildman–Crippen MR) is 93.9 cm³/mol. The molecule has 0 radical (unpaired) electrons. The number of benzene rings is 2. The van der Waals surface area contributed by atoms with Gasteiger partial charge in [-0.2, -0.15) is 0 Å². The Labute approximate surface area is 142 Å². The minimum absolute atomic E-state index is 0.0122. The van der Waals surface area contributed by atoms with Crippen LogP contribution in [0.25, 0.3) is 0 Å². The van der Waals surface area contributed by atoms with Crippen LogP contribution in [0.15, 0.2) is 48.5 Å². The van der Waals surface area contributed by atoms with Crippen LogP contribution < -0.4 is 10.1 Å². The van der Waals surface area contributed by atoms with Crippen molar-refractivity contribution in [1.29, 1.82) is 0 Å². The molecular formula is C19H22N2O3. The molecule has 0 aliphatic carbocycles. The van der Waals surface area contributed by atoms with Crippen LogP contribution in [0.3, 0.4) is 0 Å². The number of ether oxygens (including phenoxy) is 1. The molecule has 0 aromatic heterocycles. The summed E-state index contributed by atoms with van der Waals surface area (Å²) < 4.78 is 5.30. The monoisotopic (exact) mass is 326 g/mol. The summed E-state index contributed by atoms with van der Waals surface area (Å²) in [6.07, 6.45) is 0. The van der Waals surface area contributed by atoms with E-state index in [9.17, 15) is 9.59 Å². The van der Waals surface area contributed by atoms with Crippen molar-refractivity contribution >= 4 is 17.5 Å². The van der Waals surface area contributed by atoms with Gasteiger partial charge in [-0.25, -0.2) is 0 Å². The van der Waals surface area contributed by atoms with Crippen molar-refractivity contribution < 1.29 is 14.3 Å². The van der Waals surface area contributed by atoms with E-state index in [1.807, 2.05) is 55.5 Å². The molecule has 2 amide bonds. The summed E-state index contributed by atoms with van der Waals surface area (Å²) in [5.41, 5.74) is 2.59. The summed E-state index contributed by atoms with van der Waals surface area (Å²) in [4.78, 5) is 25.7. The molecule has 5 nitrogen and oxygen atoms in total. The molecule has 0 heterocycles. The van der Waals surface area contributed by atoms with E-state index in [-0.39, 0.29) is 18.4 Å². The molecule has 126 valence electrons. The predicted octanol–water partition coefficient (Wildman–Crippen LogP) is 2.99.